The van der Waals surface area contributed by atoms with Crippen molar-refractivity contribution in [2.24, 2.45) is 0 Å². The first kappa shape index (κ1) is 19.5. The predicted octanol–water partition coefficient (Wildman–Crippen LogP) is 1.69. The lowest BCUT2D eigenvalue weighted by Crippen LogP contribution is -2.46. The van der Waals surface area contributed by atoms with E-state index in [2.05, 4.69) is 6.92 Å². The zero-order chi connectivity index (χ0) is 17.9. The maximum atomic E-state index is 10.1. The molecular formula is C18H32O7. The summed E-state index contributed by atoms with van der Waals surface area (Å²) in [5.41, 5.74) is 0. The fourth-order valence-electron chi connectivity index (χ4n) is 3.91. The van der Waals surface area contributed by atoms with Crippen LogP contribution >= 0.6 is 0 Å². The van der Waals surface area contributed by atoms with Crippen LogP contribution in [0.25, 0.3) is 0 Å². The van der Waals surface area contributed by atoms with Gasteiger partial charge in [-0.1, -0.05) is 19.8 Å². The van der Waals surface area contributed by atoms with Gasteiger partial charge in [-0.2, -0.15) is 0 Å². The largest absolute Gasteiger partial charge is 0.394 e. The van der Waals surface area contributed by atoms with Crippen molar-refractivity contribution in [2.45, 2.75) is 102 Å². The highest BCUT2D eigenvalue weighted by molar-refractivity contribution is 4.99. The molecule has 0 aromatic heterocycles. The Hall–Kier alpha value is -0.280. The fourth-order valence-corrected chi connectivity index (χ4v) is 3.91. The third-order valence-corrected chi connectivity index (χ3v) is 5.27. The molecule has 7 heteroatoms. The number of hydrogen-bond donors (Lipinski definition) is 2. The van der Waals surface area contributed by atoms with E-state index in [4.69, 9.17) is 23.7 Å². The van der Waals surface area contributed by atoms with Gasteiger partial charge in [0, 0.05) is 19.4 Å². The summed E-state index contributed by atoms with van der Waals surface area (Å²) in [6, 6.07) is 0. The molecule has 3 aliphatic rings. The molecule has 0 amide bonds. The van der Waals surface area contributed by atoms with Crippen molar-refractivity contribution in [3.05, 3.63) is 0 Å². The number of aliphatic hydroxyl groups is 2. The van der Waals surface area contributed by atoms with Crippen LogP contribution in [0.15, 0.2) is 0 Å². The number of ether oxygens (including phenoxy) is 5. The Morgan fingerprint density at radius 1 is 1.20 bits per heavy atom. The Morgan fingerprint density at radius 2 is 1.96 bits per heavy atom. The van der Waals surface area contributed by atoms with Gasteiger partial charge in [-0.05, 0) is 26.2 Å². The van der Waals surface area contributed by atoms with Crippen LogP contribution in [0.2, 0.25) is 0 Å². The van der Waals surface area contributed by atoms with E-state index < -0.39 is 49.4 Å². The smallest absolute Gasteiger partial charge is 0.190 e. The van der Waals surface area contributed by atoms with E-state index in [1.54, 1.807) is 0 Å². The minimum Gasteiger partial charge on any atom is -0.394 e. The molecule has 2 unspecified atom stereocenters. The molecule has 7 nitrogen and oxygen atoms in total. The molecule has 25 heavy (non-hydrogen) atoms. The molecule has 0 radical (unpaired) electrons. The highest BCUT2D eigenvalue weighted by Crippen LogP contribution is 2.46. The molecule has 1 spiro atoms. The van der Waals surface area contributed by atoms with Gasteiger partial charge in [0.2, 0.25) is 0 Å². The standard InChI is InChI=1S/C18H32O7/c1-3-4-10-21-12(2)22-15-14(13(20)11-19)23-17-16(15)24-18(25-17)8-6-5-7-9-18/h12-17,19-20H,3-11H2,1-2H3/t12?,13?,14-,15+,16-,17-/m1/s1. The van der Waals surface area contributed by atoms with Gasteiger partial charge in [0.25, 0.3) is 0 Å². The maximum Gasteiger partial charge on any atom is 0.190 e. The summed E-state index contributed by atoms with van der Waals surface area (Å²) in [6.45, 7) is 4.15. The highest BCUT2D eigenvalue weighted by Gasteiger charge is 2.59. The third-order valence-electron chi connectivity index (χ3n) is 5.27. The van der Waals surface area contributed by atoms with Gasteiger partial charge in [0.15, 0.2) is 18.4 Å². The van der Waals surface area contributed by atoms with E-state index in [1.165, 1.54) is 6.42 Å². The molecule has 0 bridgehead atoms. The van der Waals surface area contributed by atoms with Gasteiger partial charge >= 0.3 is 0 Å². The molecule has 3 fully saturated rings. The second-order valence-electron chi connectivity index (χ2n) is 7.28. The van der Waals surface area contributed by atoms with E-state index in [9.17, 15) is 10.2 Å². The lowest BCUT2D eigenvalue weighted by atomic mass is 9.94. The van der Waals surface area contributed by atoms with Crippen LogP contribution in [0, 0.1) is 0 Å². The fraction of sp³-hybridized carbons (Fsp3) is 1.00. The molecule has 0 aromatic rings. The Morgan fingerprint density at radius 3 is 2.64 bits per heavy atom. The molecule has 1 saturated carbocycles. The normalized spacial score (nSPS) is 36.5. The summed E-state index contributed by atoms with van der Waals surface area (Å²) in [5, 5.41) is 19.4. The summed E-state index contributed by atoms with van der Waals surface area (Å²) in [5.74, 6) is -0.587. The van der Waals surface area contributed by atoms with Crippen LogP contribution in [0.4, 0.5) is 0 Å². The van der Waals surface area contributed by atoms with E-state index in [1.807, 2.05) is 6.92 Å². The Labute approximate surface area is 149 Å². The number of rotatable bonds is 8. The number of unbranched alkanes of at least 4 members (excludes halogenated alkanes) is 1. The monoisotopic (exact) mass is 360 g/mol. The molecule has 0 aromatic carbocycles. The number of fused-ring (bicyclic) bond motifs is 1. The van der Waals surface area contributed by atoms with Crippen LogP contribution in [0.3, 0.4) is 0 Å². The van der Waals surface area contributed by atoms with Crippen molar-refractivity contribution in [3.8, 4) is 0 Å². The number of aliphatic hydroxyl groups excluding tert-OH is 2. The molecule has 146 valence electrons. The first-order valence-electron chi connectivity index (χ1n) is 9.65. The van der Waals surface area contributed by atoms with Crippen molar-refractivity contribution in [3.63, 3.8) is 0 Å². The highest BCUT2D eigenvalue weighted by atomic mass is 16.8. The lowest BCUT2D eigenvalue weighted by Gasteiger charge is -2.35. The van der Waals surface area contributed by atoms with Gasteiger partial charge in [0.1, 0.15) is 24.4 Å². The molecule has 6 atom stereocenters. The predicted molar refractivity (Wildman–Crippen MR) is 88.7 cm³/mol. The van der Waals surface area contributed by atoms with E-state index in [0.29, 0.717) is 6.61 Å². The Balaban J connectivity index is 1.65. The number of hydrogen-bond acceptors (Lipinski definition) is 7. The van der Waals surface area contributed by atoms with Gasteiger partial charge in [-0.15, -0.1) is 0 Å². The average molecular weight is 360 g/mol. The average Bonchev–Trinajstić information content (AvgIpc) is 3.10. The van der Waals surface area contributed by atoms with Crippen molar-refractivity contribution in [2.75, 3.05) is 13.2 Å². The molecule has 2 aliphatic heterocycles. The van der Waals surface area contributed by atoms with E-state index >= 15 is 0 Å². The van der Waals surface area contributed by atoms with Gasteiger partial charge in [-0.25, -0.2) is 0 Å². The van der Waals surface area contributed by atoms with Crippen LogP contribution in [-0.4, -0.2) is 66.2 Å². The van der Waals surface area contributed by atoms with Crippen LogP contribution in [0.1, 0.15) is 58.8 Å². The van der Waals surface area contributed by atoms with Crippen molar-refractivity contribution in [1.82, 2.24) is 0 Å². The van der Waals surface area contributed by atoms with Crippen LogP contribution in [0.5, 0.6) is 0 Å². The van der Waals surface area contributed by atoms with E-state index in [-0.39, 0.29) is 0 Å². The summed E-state index contributed by atoms with van der Waals surface area (Å²) in [6.07, 6.45) is 3.35. The first-order chi connectivity index (χ1) is 12.1. The van der Waals surface area contributed by atoms with Crippen molar-refractivity contribution in [1.29, 1.82) is 0 Å². The molecule has 2 N–H and O–H groups in total. The van der Waals surface area contributed by atoms with Crippen molar-refractivity contribution < 1.29 is 33.9 Å². The van der Waals surface area contributed by atoms with Gasteiger partial charge in [0.05, 0.1) is 6.61 Å². The summed E-state index contributed by atoms with van der Waals surface area (Å²) in [4.78, 5) is 0. The summed E-state index contributed by atoms with van der Waals surface area (Å²) >= 11 is 0. The van der Waals surface area contributed by atoms with E-state index in [0.717, 1.165) is 38.5 Å². The molecule has 2 heterocycles. The quantitative estimate of drug-likeness (QED) is 0.503. The lowest BCUT2D eigenvalue weighted by molar-refractivity contribution is -0.269. The third kappa shape index (κ3) is 4.35. The Kier molecular flexibility index (Phi) is 6.71. The minimum atomic E-state index is -1.05. The van der Waals surface area contributed by atoms with Crippen molar-refractivity contribution >= 4 is 0 Å². The summed E-state index contributed by atoms with van der Waals surface area (Å²) in [7, 11) is 0. The zero-order valence-electron chi connectivity index (χ0n) is 15.3. The van der Waals surface area contributed by atoms with Gasteiger partial charge in [-0.3, -0.25) is 0 Å². The maximum absolute atomic E-state index is 10.1. The molecular weight excluding hydrogens is 328 g/mol. The second kappa shape index (κ2) is 8.61. The Bertz CT molecular complexity index is 412. The first-order valence-corrected chi connectivity index (χ1v) is 9.65. The van der Waals surface area contributed by atoms with Crippen LogP contribution in [-0.2, 0) is 23.7 Å². The molecule has 3 rings (SSSR count). The molecule has 1 aliphatic carbocycles. The van der Waals surface area contributed by atoms with Gasteiger partial charge < -0.3 is 33.9 Å². The SMILES string of the molecule is CCCCOC(C)O[C@@H]1[C@H]2OC3(CCCCC3)O[C@H]2O[C@@H]1C(O)CO. The topological polar surface area (TPSA) is 86.6 Å². The second-order valence-corrected chi connectivity index (χ2v) is 7.28. The minimum absolute atomic E-state index is 0.403. The zero-order valence-corrected chi connectivity index (χ0v) is 15.3. The van der Waals surface area contributed by atoms with Crippen LogP contribution < -0.4 is 0 Å². The summed E-state index contributed by atoms with van der Waals surface area (Å²) < 4.78 is 29.9. The molecule has 2 saturated heterocycles.